The Balaban J connectivity index is 1.63. The number of carbonyl (C=O) groups excluding carboxylic acids is 2. The Kier molecular flexibility index (Phi) is 6.50. The van der Waals surface area contributed by atoms with Gasteiger partial charge in [0.2, 0.25) is 11.8 Å². The minimum Gasteiger partial charge on any atom is -0.369 e. The molecule has 1 atom stereocenters. The van der Waals surface area contributed by atoms with Gasteiger partial charge in [0.25, 0.3) is 0 Å². The normalized spacial score (nSPS) is 23.7. The molecule has 0 radical (unpaired) electrons. The minimum atomic E-state index is -0.328. The van der Waals surface area contributed by atoms with Crippen LogP contribution in [-0.2, 0) is 15.0 Å². The molecule has 6 nitrogen and oxygen atoms in total. The van der Waals surface area contributed by atoms with Crippen LogP contribution in [0, 0.1) is 5.92 Å². The molecule has 1 aromatic rings. The zero-order valence-corrected chi connectivity index (χ0v) is 16.3. The standard InChI is InChI=1S/C21H32N4O2/c1-24-12-9-21(10-13-24,18-7-3-2-4-8-18)16-23-20(27)17-6-5-11-25(14-17)15-19(22)26/h2-4,7-8,17H,5-6,9-16H2,1H3,(H2,22,26)(H,23,27). The number of piperidine rings is 2. The van der Waals surface area contributed by atoms with Crippen molar-refractivity contribution >= 4 is 11.8 Å². The summed E-state index contributed by atoms with van der Waals surface area (Å²) in [4.78, 5) is 28.4. The van der Waals surface area contributed by atoms with E-state index < -0.39 is 0 Å². The van der Waals surface area contributed by atoms with Crippen LogP contribution in [0.4, 0.5) is 0 Å². The van der Waals surface area contributed by atoms with Crippen LogP contribution in [0.1, 0.15) is 31.2 Å². The van der Waals surface area contributed by atoms with Crippen molar-refractivity contribution in [2.24, 2.45) is 11.7 Å². The number of hydrogen-bond donors (Lipinski definition) is 2. The molecule has 0 spiro atoms. The Morgan fingerprint density at radius 3 is 2.56 bits per heavy atom. The SMILES string of the molecule is CN1CCC(CNC(=O)C2CCCN(CC(N)=O)C2)(c2ccccc2)CC1. The van der Waals surface area contributed by atoms with Gasteiger partial charge in [-0.1, -0.05) is 30.3 Å². The smallest absolute Gasteiger partial charge is 0.231 e. The van der Waals surface area contributed by atoms with E-state index in [4.69, 9.17) is 5.73 Å². The Hall–Kier alpha value is -1.92. The zero-order chi connectivity index (χ0) is 19.3. The van der Waals surface area contributed by atoms with Crippen molar-refractivity contribution < 1.29 is 9.59 Å². The molecule has 3 rings (SSSR count). The molecule has 1 unspecified atom stereocenters. The number of primary amides is 1. The molecule has 2 heterocycles. The molecular formula is C21H32N4O2. The lowest BCUT2D eigenvalue weighted by Gasteiger charge is -2.42. The molecule has 2 aliphatic heterocycles. The lowest BCUT2D eigenvalue weighted by atomic mass is 9.72. The Morgan fingerprint density at radius 1 is 1.19 bits per heavy atom. The summed E-state index contributed by atoms with van der Waals surface area (Å²) in [6, 6.07) is 10.6. The van der Waals surface area contributed by atoms with Gasteiger partial charge in [-0.15, -0.1) is 0 Å². The molecule has 0 aliphatic carbocycles. The summed E-state index contributed by atoms with van der Waals surface area (Å²) < 4.78 is 0. The predicted molar refractivity (Wildman–Crippen MR) is 106 cm³/mol. The third-order valence-electron chi connectivity index (χ3n) is 6.19. The first-order valence-electron chi connectivity index (χ1n) is 10.0. The van der Waals surface area contributed by atoms with Gasteiger partial charge < -0.3 is 16.0 Å². The molecule has 0 bridgehead atoms. The topological polar surface area (TPSA) is 78.7 Å². The van der Waals surface area contributed by atoms with Gasteiger partial charge in [-0.05, 0) is 57.9 Å². The van der Waals surface area contributed by atoms with Crippen LogP contribution < -0.4 is 11.1 Å². The van der Waals surface area contributed by atoms with Crippen LogP contribution in [0.15, 0.2) is 30.3 Å². The maximum atomic E-state index is 12.8. The fourth-order valence-electron chi connectivity index (χ4n) is 4.44. The summed E-state index contributed by atoms with van der Waals surface area (Å²) in [5, 5.41) is 3.25. The predicted octanol–water partition coefficient (Wildman–Crippen LogP) is 0.964. The van der Waals surface area contributed by atoms with Crippen molar-refractivity contribution in [2.75, 3.05) is 46.3 Å². The number of rotatable bonds is 6. The van der Waals surface area contributed by atoms with E-state index in [2.05, 4.69) is 41.5 Å². The monoisotopic (exact) mass is 372 g/mol. The van der Waals surface area contributed by atoms with Crippen LogP contribution in [0.25, 0.3) is 0 Å². The average molecular weight is 373 g/mol. The number of likely N-dealkylation sites (tertiary alicyclic amines) is 2. The van der Waals surface area contributed by atoms with Crippen molar-refractivity contribution in [1.29, 1.82) is 0 Å². The highest BCUT2D eigenvalue weighted by atomic mass is 16.2. The van der Waals surface area contributed by atoms with E-state index in [-0.39, 0.29) is 29.7 Å². The van der Waals surface area contributed by atoms with E-state index in [0.29, 0.717) is 13.1 Å². The molecular weight excluding hydrogens is 340 g/mol. The lowest BCUT2D eigenvalue weighted by molar-refractivity contribution is -0.128. The van der Waals surface area contributed by atoms with Gasteiger partial charge in [0, 0.05) is 18.5 Å². The van der Waals surface area contributed by atoms with E-state index in [1.807, 2.05) is 11.0 Å². The summed E-state index contributed by atoms with van der Waals surface area (Å²) in [6.45, 7) is 4.46. The van der Waals surface area contributed by atoms with Crippen LogP contribution in [0.5, 0.6) is 0 Å². The first kappa shape index (κ1) is 19.8. The summed E-state index contributed by atoms with van der Waals surface area (Å²) in [5.74, 6) is -0.277. The van der Waals surface area contributed by atoms with Crippen LogP contribution in [0.3, 0.4) is 0 Å². The van der Waals surface area contributed by atoms with Gasteiger partial charge in [-0.3, -0.25) is 14.5 Å². The third-order valence-corrected chi connectivity index (χ3v) is 6.19. The number of benzene rings is 1. The number of hydrogen-bond acceptors (Lipinski definition) is 4. The fraction of sp³-hybridized carbons (Fsp3) is 0.619. The molecule has 0 saturated carbocycles. The molecule has 0 aromatic heterocycles. The maximum Gasteiger partial charge on any atom is 0.231 e. The molecule has 27 heavy (non-hydrogen) atoms. The molecule has 3 N–H and O–H groups in total. The Bertz CT molecular complexity index is 641. The second kappa shape index (κ2) is 8.85. The van der Waals surface area contributed by atoms with Gasteiger partial charge >= 0.3 is 0 Å². The first-order valence-corrected chi connectivity index (χ1v) is 10.0. The average Bonchev–Trinajstić information content (AvgIpc) is 2.68. The van der Waals surface area contributed by atoms with Crippen molar-refractivity contribution in [1.82, 2.24) is 15.1 Å². The van der Waals surface area contributed by atoms with E-state index >= 15 is 0 Å². The molecule has 2 amide bonds. The number of nitrogens with two attached hydrogens (primary N) is 1. The summed E-state index contributed by atoms with van der Waals surface area (Å²) in [7, 11) is 2.16. The second-order valence-electron chi connectivity index (χ2n) is 8.21. The fourth-order valence-corrected chi connectivity index (χ4v) is 4.44. The highest BCUT2D eigenvalue weighted by Gasteiger charge is 2.36. The van der Waals surface area contributed by atoms with Gasteiger partial charge in [0.1, 0.15) is 0 Å². The van der Waals surface area contributed by atoms with Crippen molar-refractivity contribution in [3.8, 4) is 0 Å². The van der Waals surface area contributed by atoms with Crippen molar-refractivity contribution in [2.45, 2.75) is 31.1 Å². The van der Waals surface area contributed by atoms with E-state index in [0.717, 1.165) is 45.3 Å². The van der Waals surface area contributed by atoms with E-state index in [9.17, 15) is 9.59 Å². The van der Waals surface area contributed by atoms with Crippen LogP contribution in [-0.4, -0.2) is 67.9 Å². The van der Waals surface area contributed by atoms with Crippen LogP contribution >= 0.6 is 0 Å². The number of amides is 2. The summed E-state index contributed by atoms with van der Waals surface area (Å²) in [5.41, 5.74) is 6.63. The third kappa shape index (κ3) is 5.08. The maximum absolute atomic E-state index is 12.8. The van der Waals surface area contributed by atoms with Crippen LogP contribution in [0.2, 0.25) is 0 Å². The molecule has 2 fully saturated rings. The minimum absolute atomic E-state index is 0.00497. The van der Waals surface area contributed by atoms with Gasteiger partial charge in [0.15, 0.2) is 0 Å². The highest BCUT2D eigenvalue weighted by molar-refractivity contribution is 5.79. The van der Waals surface area contributed by atoms with E-state index in [1.165, 1.54) is 5.56 Å². The largest absolute Gasteiger partial charge is 0.369 e. The molecule has 1 aromatic carbocycles. The molecule has 148 valence electrons. The first-order chi connectivity index (χ1) is 13.0. The van der Waals surface area contributed by atoms with Crippen molar-refractivity contribution in [3.63, 3.8) is 0 Å². The number of nitrogens with zero attached hydrogens (tertiary/aromatic N) is 2. The zero-order valence-electron chi connectivity index (χ0n) is 16.3. The molecule has 2 aliphatic rings. The summed E-state index contributed by atoms with van der Waals surface area (Å²) >= 11 is 0. The summed E-state index contributed by atoms with van der Waals surface area (Å²) in [6.07, 6.45) is 3.90. The quantitative estimate of drug-likeness (QED) is 0.780. The van der Waals surface area contributed by atoms with Crippen molar-refractivity contribution in [3.05, 3.63) is 35.9 Å². The van der Waals surface area contributed by atoms with Gasteiger partial charge in [0.05, 0.1) is 12.5 Å². The van der Waals surface area contributed by atoms with E-state index in [1.54, 1.807) is 0 Å². The van der Waals surface area contributed by atoms with Gasteiger partial charge in [-0.2, -0.15) is 0 Å². The highest BCUT2D eigenvalue weighted by Crippen LogP contribution is 2.34. The number of carbonyl (C=O) groups is 2. The van der Waals surface area contributed by atoms with Gasteiger partial charge in [-0.25, -0.2) is 0 Å². The lowest BCUT2D eigenvalue weighted by Crippen LogP contribution is -2.51. The number of nitrogens with one attached hydrogen (secondary N) is 1. The Labute approximate surface area is 162 Å². The molecule has 6 heteroatoms. The second-order valence-corrected chi connectivity index (χ2v) is 8.21. The molecule has 2 saturated heterocycles. The Morgan fingerprint density at radius 2 is 1.89 bits per heavy atom.